The van der Waals surface area contributed by atoms with Gasteiger partial charge in [0.15, 0.2) is 11.5 Å². The molecule has 6 nitrogen and oxygen atoms in total. The van der Waals surface area contributed by atoms with Crippen LogP contribution in [0.5, 0.6) is 11.5 Å². The zero-order valence-corrected chi connectivity index (χ0v) is 9.71. The van der Waals surface area contributed by atoms with Crippen LogP contribution in [-0.4, -0.2) is 20.1 Å². The molecule has 0 unspecified atom stereocenters. The number of hydrogen-bond acceptors (Lipinski definition) is 3. The molecule has 0 aliphatic carbocycles. The maximum atomic E-state index is 11.0. The Hall–Kier alpha value is -2.20. The second-order valence-electron chi connectivity index (χ2n) is 3.27. The van der Waals surface area contributed by atoms with Gasteiger partial charge in [0.1, 0.15) is 0 Å². The number of ether oxygens (including phenoxy) is 2. The molecular formula is C11H13N3O3. The molecule has 0 aliphatic heterocycles. The standard InChI is InChI=1S/C11H13N3O3/c1-16-9-5-3-8(7-10(9)17-2)4-6-11(15)13-14-12/h3,5,7H,4,6H2,1-2H3. The molecule has 1 rings (SSSR count). The van der Waals surface area contributed by atoms with Crippen molar-refractivity contribution in [2.75, 3.05) is 14.2 Å². The first-order chi connectivity index (χ1) is 8.21. The lowest BCUT2D eigenvalue weighted by atomic mass is 10.1. The van der Waals surface area contributed by atoms with Gasteiger partial charge in [0.25, 0.3) is 0 Å². The van der Waals surface area contributed by atoms with Gasteiger partial charge in [0, 0.05) is 11.3 Å². The predicted octanol–water partition coefficient (Wildman–Crippen LogP) is 2.47. The van der Waals surface area contributed by atoms with Gasteiger partial charge in [-0.1, -0.05) is 6.07 Å². The molecule has 0 heterocycles. The second-order valence-corrected chi connectivity index (χ2v) is 3.27. The average molecular weight is 235 g/mol. The Morgan fingerprint density at radius 3 is 2.65 bits per heavy atom. The van der Waals surface area contributed by atoms with Crippen LogP contribution in [0.3, 0.4) is 0 Å². The predicted molar refractivity (Wildman–Crippen MR) is 62.0 cm³/mol. The number of aryl methyl sites for hydroxylation is 1. The quantitative estimate of drug-likeness (QED) is 0.446. The number of nitrogens with zero attached hydrogens (tertiary/aromatic N) is 3. The highest BCUT2D eigenvalue weighted by atomic mass is 16.5. The highest BCUT2D eigenvalue weighted by molar-refractivity contribution is 5.76. The van der Waals surface area contributed by atoms with Crippen molar-refractivity contribution >= 4 is 5.91 Å². The molecule has 0 fully saturated rings. The molecule has 0 N–H and O–H groups in total. The van der Waals surface area contributed by atoms with E-state index in [4.69, 9.17) is 15.0 Å². The van der Waals surface area contributed by atoms with E-state index in [-0.39, 0.29) is 6.42 Å². The molecule has 0 bridgehead atoms. The molecule has 6 heteroatoms. The van der Waals surface area contributed by atoms with E-state index >= 15 is 0 Å². The normalized spacial score (nSPS) is 9.29. The largest absolute Gasteiger partial charge is 0.493 e. The summed E-state index contributed by atoms with van der Waals surface area (Å²) in [6.45, 7) is 0. The Balaban J connectivity index is 2.72. The molecule has 0 saturated carbocycles. The molecule has 17 heavy (non-hydrogen) atoms. The lowest BCUT2D eigenvalue weighted by molar-refractivity contribution is -0.117. The lowest BCUT2D eigenvalue weighted by Gasteiger charge is -2.08. The zero-order valence-electron chi connectivity index (χ0n) is 9.71. The van der Waals surface area contributed by atoms with Crippen molar-refractivity contribution in [1.82, 2.24) is 0 Å². The van der Waals surface area contributed by atoms with E-state index < -0.39 is 5.91 Å². The van der Waals surface area contributed by atoms with Crippen LogP contribution < -0.4 is 9.47 Å². The summed E-state index contributed by atoms with van der Waals surface area (Å²) < 4.78 is 10.2. The molecule has 0 saturated heterocycles. The van der Waals surface area contributed by atoms with Gasteiger partial charge in [-0.3, -0.25) is 4.79 Å². The summed E-state index contributed by atoms with van der Waals surface area (Å²) in [6.07, 6.45) is 0.678. The number of amides is 1. The summed E-state index contributed by atoms with van der Waals surface area (Å²) >= 11 is 0. The smallest absolute Gasteiger partial charge is 0.219 e. The highest BCUT2D eigenvalue weighted by Gasteiger charge is 2.05. The van der Waals surface area contributed by atoms with Gasteiger partial charge in [-0.25, -0.2) is 0 Å². The van der Waals surface area contributed by atoms with Gasteiger partial charge >= 0.3 is 0 Å². The second kappa shape index (κ2) is 6.40. The number of azide groups is 1. The topological polar surface area (TPSA) is 84.3 Å². The number of methoxy groups -OCH3 is 2. The maximum absolute atomic E-state index is 11.0. The van der Waals surface area contributed by atoms with E-state index in [1.807, 2.05) is 6.07 Å². The average Bonchev–Trinajstić information content (AvgIpc) is 2.36. The number of rotatable bonds is 5. The Morgan fingerprint density at radius 2 is 2.06 bits per heavy atom. The summed E-state index contributed by atoms with van der Waals surface area (Å²) in [5.74, 6) is 0.779. The van der Waals surface area contributed by atoms with Crippen LogP contribution in [0.2, 0.25) is 0 Å². The fourth-order valence-corrected chi connectivity index (χ4v) is 1.39. The Morgan fingerprint density at radius 1 is 1.35 bits per heavy atom. The minimum Gasteiger partial charge on any atom is -0.493 e. The van der Waals surface area contributed by atoms with Crippen LogP contribution in [0.4, 0.5) is 0 Å². The van der Waals surface area contributed by atoms with Gasteiger partial charge < -0.3 is 9.47 Å². The van der Waals surface area contributed by atoms with Crippen LogP contribution in [-0.2, 0) is 11.2 Å². The molecule has 90 valence electrons. The number of carbonyl (C=O) groups excluding carboxylic acids is 1. The highest BCUT2D eigenvalue weighted by Crippen LogP contribution is 2.27. The van der Waals surface area contributed by atoms with Crippen molar-refractivity contribution in [3.05, 3.63) is 34.2 Å². The van der Waals surface area contributed by atoms with Gasteiger partial charge in [-0.15, -0.1) is 0 Å². The van der Waals surface area contributed by atoms with E-state index in [0.29, 0.717) is 17.9 Å². The molecule has 0 aromatic heterocycles. The first kappa shape index (κ1) is 12.9. The summed E-state index contributed by atoms with van der Waals surface area (Å²) in [6, 6.07) is 5.40. The Bertz CT molecular complexity index is 453. The van der Waals surface area contributed by atoms with Gasteiger partial charge in [-0.05, 0) is 34.8 Å². The zero-order chi connectivity index (χ0) is 12.7. The third-order valence-electron chi connectivity index (χ3n) is 2.23. The minimum absolute atomic E-state index is 0.180. The van der Waals surface area contributed by atoms with Gasteiger partial charge in [0.2, 0.25) is 5.91 Å². The molecule has 0 atom stereocenters. The van der Waals surface area contributed by atoms with Gasteiger partial charge in [-0.2, -0.15) is 0 Å². The Labute approximate surface area is 98.8 Å². The van der Waals surface area contributed by atoms with Gasteiger partial charge in [0.05, 0.1) is 14.2 Å². The van der Waals surface area contributed by atoms with Crippen molar-refractivity contribution in [1.29, 1.82) is 0 Å². The summed E-state index contributed by atoms with van der Waals surface area (Å²) in [5, 5.41) is 3.00. The SMILES string of the molecule is COc1ccc(CCC(=O)N=[N+]=[N-])cc1OC. The fraction of sp³-hybridized carbons (Fsp3) is 0.364. The van der Waals surface area contributed by atoms with Crippen molar-refractivity contribution in [3.8, 4) is 11.5 Å². The van der Waals surface area contributed by atoms with Crippen molar-refractivity contribution in [2.24, 2.45) is 5.11 Å². The van der Waals surface area contributed by atoms with Crippen LogP contribution >= 0.6 is 0 Å². The molecule has 1 aromatic carbocycles. The molecular weight excluding hydrogens is 222 g/mol. The molecule has 1 aromatic rings. The molecule has 0 aliphatic rings. The van der Waals surface area contributed by atoms with Crippen LogP contribution in [0, 0.1) is 0 Å². The van der Waals surface area contributed by atoms with Crippen molar-refractivity contribution in [3.63, 3.8) is 0 Å². The molecule has 1 amide bonds. The summed E-state index contributed by atoms with van der Waals surface area (Å²) in [5.41, 5.74) is 9.01. The number of hydrogen-bond donors (Lipinski definition) is 0. The van der Waals surface area contributed by atoms with Crippen LogP contribution in [0.25, 0.3) is 10.4 Å². The first-order valence-electron chi connectivity index (χ1n) is 5.00. The minimum atomic E-state index is -0.470. The monoisotopic (exact) mass is 235 g/mol. The van der Waals surface area contributed by atoms with Crippen molar-refractivity contribution in [2.45, 2.75) is 12.8 Å². The lowest BCUT2D eigenvalue weighted by Crippen LogP contribution is -1.97. The van der Waals surface area contributed by atoms with E-state index in [0.717, 1.165) is 5.56 Å². The number of benzene rings is 1. The fourth-order valence-electron chi connectivity index (χ4n) is 1.39. The summed E-state index contributed by atoms with van der Waals surface area (Å²) in [4.78, 5) is 13.5. The van der Waals surface area contributed by atoms with E-state index in [2.05, 4.69) is 10.0 Å². The first-order valence-corrected chi connectivity index (χ1v) is 5.00. The molecule has 0 radical (unpaired) electrons. The van der Waals surface area contributed by atoms with Crippen molar-refractivity contribution < 1.29 is 14.3 Å². The third-order valence-corrected chi connectivity index (χ3v) is 2.23. The third kappa shape index (κ3) is 3.70. The maximum Gasteiger partial charge on any atom is 0.219 e. The number of carbonyl (C=O) groups is 1. The van der Waals surface area contributed by atoms with E-state index in [1.165, 1.54) is 0 Å². The van der Waals surface area contributed by atoms with E-state index in [9.17, 15) is 4.79 Å². The summed E-state index contributed by atoms with van der Waals surface area (Å²) in [7, 11) is 3.11. The molecule has 0 spiro atoms. The van der Waals surface area contributed by atoms with E-state index in [1.54, 1.807) is 26.4 Å². The van der Waals surface area contributed by atoms with Crippen LogP contribution in [0.1, 0.15) is 12.0 Å². The van der Waals surface area contributed by atoms with Crippen LogP contribution in [0.15, 0.2) is 23.3 Å². The Kier molecular flexibility index (Phi) is 4.84.